The second kappa shape index (κ2) is 6.40. The van der Waals surface area contributed by atoms with Gasteiger partial charge in [-0.05, 0) is 25.7 Å². The number of likely N-dealkylation sites (tertiary alicyclic amines) is 1. The van der Waals surface area contributed by atoms with E-state index in [1.165, 1.54) is 25.9 Å². The molecule has 0 bridgehead atoms. The molecule has 0 aromatic rings. The number of rotatable bonds is 6. The van der Waals surface area contributed by atoms with Crippen LogP contribution in [0.15, 0.2) is 0 Å². The fraction of sp³-hybridized carbons (Fsp3) is 1.00. The molecule has 0 spiro atoms. The molecule has 0 aromatic carbocycles. The van der Waals surface area contributed by atoms with Gasteiger partial charge < -0.3 is 9.84 Å². The summed E-state index contributed by atoms with van der Waals surface area (Å²) in [7, 11) is 0. The number of ether oxygens (including phenoxy) is 1. The molecule has 0 amide bonds. The zero-order chi connectivity index (χ0) is 8.65. The summed E-state index contributed by atoms with van der Waals surface area (Å²) in [6.45, 7) is 4.25. The highest BCUT2D eigenvalue weighted by atomic mass is 16.5. The maximum atomic E-state index is 8.51. The van der Waals surface area contributed by atoms with Gasteiger partial charge in [-0.3, -0.25) is 4.90 Å². The van der Waals surface area contributed by atoms with E-state index in [2.05, 4.69) is 4.90 Å². The molecule has 3 heteroatoms. The van der Waals surface area contributed by atoms with Crippen molar-refractivity contribution in [1.82, 2.24) is 4.90 Å². The number of aliphatic hydroxyl groups excluding tert-OH is 1. The lowest BCUT2D eigenvalue weighted by Gasteiger charge is -2.14. The van der Waals surface area contributed by atoms with Gasteiger partial charge in [-0.15, -0.1) is 0 Å². The molecule has 0 aromatic heterocycles. The smallest absolute Gasteiger partial charge is 0.0990 e. The van der Waals surface area contributed by atoms with E-state index in [0.29, 0.717) is 0 Å². The van der Waals surface area contributed by atoms with Crippen molar-refractivity contribution in [3.8, 4) is 0 Å². The van der Waals surface area contributed by atoms with E-state index in [9.17, 15) is 0 Å². The Kier molecular flexibility index (Phi) is 5.32. The number of aliphatic hydroxyl groups is 1. The Bertz CT molecular complexity index is 103. The van der Waals surface area contributed by atoms with Crippen LogP contribution in [-0.4, -0.2) is 43.0 Å². The summed E-state index contributed by atoms with van der Waals surface area (Å²) in [5, 5.41) is 8.51. The molecular weight excluding hydrogens is 154 g/mol. The predicted octanol–water partition coefficient (Wildman–Crippen LogP) is 0.829. The molecule has 0 unspecified atom stereocenters. The molecule has 0 aliphatic carbocycles. The van der Waals surface area contributed by atoms with Crippen molar-refractivity contribution in [2.45, 2.75) is 25.7 Å². The second-order valence-electron chi connectivity index (χ2n) is 3.29. The van der Waals surface area contributed by atoms with Crippen molar-refractivity contribution in [2.75, 3.05) is 33.0 Å². The molecule has 12 heavy (non-hydrogen) atoms. The number of unbranched alkanes of at least 4 members (excludes halogenated alkanes) is 1. The van der Waals surface area contributed by atoms with Gasteiger partial charge in [0.25, 0.3) is 0 Å². The highest BCUT2D eigenvalue weighted by molar-refractivity contribution is 4.61. The van der Waals surface area contributed by atoms with Gasteiger partial charge in [-0.1, -0.05) is 0 Å². The standard InChI is InChI=1S/C9H19NO2/c11-7-3-4-8-12-9-10-5-1-2-6-10/h11H,1-9H2. The summed E-state index contributed by atoms with van der Waals surface area (Å²) in [5.41, 5.74) is 0. The van der Waals surface area contributed by atoms with Gasteiger partial charge in [0.05, 0.1) is 6.73 Å². The van der Waals surface area contributed by atoms with Crippen LogP contribution in [0.1, 0.15) is 25.7 Å². The molecule has 1 aliphatic rings. The molecule has 1 rings (SSSR count). The van der Waals surface area contributed by atoms with E-state index in [0.717, 1.165) is 26.2 Å². The van der Waals surface area contributed by atoms with Gasteiger partial charge in [0.15, 0.2) is 0 Å². The Balaban J connectivity index is 1.81. The van der Waals surface area contributed by atoms with Crippen LogP contribution in [0.3, 0.4) is 0 Å². The summed E-state index contributed by atoms with van der Waals surface area (Å²) in [5.74, 6) is 0. The molecule has 0 atom stereocenters. The first-order valence-corrected chi connectivity index (χ1v) is 4.84. The molecule has 1 fully saturated rings. The largest absolute Gasteiger partial charge is 0.396 e. The highest BCUT2D eigenvalue weighted by Gasteiger charge is 2.10. The average molecular weight is 173 g/mol. The molecular formula is C9H19NO2. The fourth-order valence-corrected chi connectivity index (χ4v) is 1.42. The van der Waals surface area contributed by atoms with Gasteiger partial charge in [0, 0.05) is 26.3 Å². The lowest BCUT2D eigenvalue weighted by atomic mass is 10.3. The first-order valence-electron chi connectivity index (χ1n) is 4.84. The summed E-state index contributed by atoms with van der Waals surface area (Å²) in [6.07, 6.45) is 4.48. The minimum Gasteiger partial charge on any atom is -0.396 e. The minimum atomic E-state index is 0.285. The quantitative estimate of drug-likeness (QED) is 0.604. The Morgan fingerprint density at radius 1 is 1.17 bits per heavy atom. The Morgan fingerprint density at radius 3 is 2.58 bits per heavy atom. The van der Waals surface area contributed by atoms with E-state index in [-0.39, 0.29) is 6.61 Å². The van der Waals surface area contributed by atoms with Gasteiger partial charge >= 0.3 is 0 Å². The number of hydrogen-bond acceptors (Lipinski definition) is 3. The summed E-state index contributed by atoms with van der Waals surface area (Å²) in [6, 6.07) is 0. The summed E-state index contributed by atoms with van der Waals surface area (Å²) < 4.78 is 5.43. The van der Waals surface area contributed by atoms with Crippen molar-refractivity contribution in [2.24, 2.45) is 0 Å². The van der Waals surface area contributed by atoms with Gasteiger partial charge in [-0.2, -0.15) is 0 Å². The average Bonchev–Trinajstić information content (AvgIpc) is 2.57. The van der Waals surface area contributed by atoms with Gasteiger partial charge in [0.1, 0.15) is 0 Å². The van der Waals surface area contributed by atoms with E-state index in [4.69, 9.17) is 9.84 Å². The second-order valence-corrected chi connectivity index (χ2v) is 3.29. The van der Waals surface area contributed by atoms with Crippen molar-refractivity contribution in [3.05, 3.63) is 0 Å². The predicted molar refractivity (Wildman–Crippen MR) is 47.9 cm³/mol. The Morgan fingerprint density at radius 2 is 1.92 bits per heavy atom. The van der Waals surface area contributed by atoms with Crippen molar-refractivity contribution in [1.29, 1.82) is 0 Å². The fourth-order valence-electron chi connectivity index (χ4n) is 1.42. The van der Waals surface area contributed by atoms with Gasteiger partial charge in [0.2, 0.25) is 0 Å². The Labute approximate surface area is 74.3 Å². The summed E-state index contributed by atoms with van der Waals surface area (Å²) in [4.78, 5) is 2.33. The molecule has 3 nitrogen and oxygen atoms in total. The molecule has 1 heterocycles. The zero-order valence-electron chi connectivity index (χ0n) is 7.67. The van der Waals surface area contributed by atoms with Crippen LogP contribution in [-0.2, 0) is 4.74 Å². The first kappa shape index (κ1) is 9.96. The monoisotopic (exact) mass is 173 g/mol. The molecule has 0 saturated carbocycles. The maximum absolute atomic E-state index is 8.51. The van der Waals surface area contributed by atoms with E-state index >= 15 is 0 Å². The SMILES string of the molecule is OCCCCOCN1CCCC1. The third kappa shape index (κ3) is 4.04. The minimum absolute atomic E-state index is 0.285. The number of hydrogen-bond donors (Lipinski definition) is 1. The van der Waals surface area contributed by atoms with Crippen molar-refractivity contribution < 1.29 is 9.84 Å². The third-order valence-corrected chi connectivity index (χ3v) is 2.17. The maximum Gasteiger partial charge on any atom is 0.0990 e. The van der Waals surface area contributed by atoms with Crippen LogP contribution in [0.25, 0.3) is 0 Å². The van der Waals surface area contributed by atoms with Crippen LogP contribution in [0.5, 0.6) is 0 Å². The lowest BCUT2D eigenvalue weighted by molar-refractivity contribution is 0.0383. The van der Waals surface area contributed by atoms with Crippen LogP contribution in [0.2, 0.25) is 0 Å². The van der Waals surface area contributed by atoms with E-state index < -0.39 is 0 Å². The Hall–Kier alpha value is -0.120. The van der Waals surface area contributed by atoms with E-state index in [1.807, 2.05) is 0 Å². The highest BCUT2D eigenvalue weighted by Crippen LogP contribution is 2.06. The van der Waals surface area contributed by atoms with Crippen LogP contribution >= 0.6 is 0 Å². The summed E-state index contributed by atoms with van der Waals surface area (Å²) >= 11 is 0. The topological polar surface area (TPSA) is 32.7 Å². The number of nitrogens with zero attached hydrogens (tertiary/aromatic N) is 1. The molecule has 0 radical (unpaired) electrons. The molecule has 1 saturated heterocycles. The zero-order valence-corrected chi connectivity index (χ0v) is 7.67. The van der Waals surface area contributed by atoms with Crippen LogP contribution < -0.4 is 0 Å². The lowest BCUT2D eigenvalue weighted by Crippen LogP contribution is -2.22. The molecule has 72 valence electrons. The molecule has 1 N–H and O–H groups in total. The van der Waals surface area contributed by atoms with Crippen molar-refractivity contribution >= 4 is 0 Å². The van der Waals surface area contributed by atoms with E-state index in [1.54, 1.807) is 0 Å². The van der Waals surface area contributed by atoms with Crippen LogP contribution in [0, 0.1) is 0 Å². The molecule has 1 aliphatic heterocycles. The van der Waals surface area contributed by atoms with Gasteiger partial charge in [-0.25, -0.2) is 0 Å². The van der Waals surface area contributed by atoms with Crippen LogP contribution in [0.4, 0.5) is 0 Å². The van der Waals surface area contributed by atoms with Crippen molar-refractivity contribution in [3.63, 3.8) is 0 Å². The normalized spacial score (nSPS) is 18.8. The first-order chi connectivity index (χ1) is 5.93. The third-order valence-electron chi connectivity index (χ3n) is 2.17.